The van der Waals surface area contributed by atoms with Gasteiger partial charge in [0.15, 0.2) is 4.90 Å². The van der Waals surface area contributed by atoms with Gasteiger partial charge < -0.3 is 5.11 Å². The van der Waals surface area contributed by atoms with Gasteiger partial charge in [0.2, 0.25) is 10.0 Å². The molecule has 1 saturated carbocycles. The van der Waals surface area contributed by atoms with Crippen LogP contribution in [0.15, 0.2) is 17.0 Å². The van der Waals surface area contributed by atoms with Gasteiger partial charge in [-0.05, 0) is 42.7 Å². The number of halogens is 2. The molecule has 1 aliphatic heterocycles. The van der Waals surface area contributed by atoms with Gasteiger partial charge in [-0.1, -0.05) is 6.07 Å². The van der Waals surface area contributed by atoms with Crippen LogP contribution in [-0.4, -0.2) is 36.9 Å². The van der Waals surface area contributed by atoms with E-state index in [1.165, 1.54) is 13.0 Å². The van der Waals surface area contributed by atoms with Crippen LogP contribution in [0.25, 0.3) is 0 Å². The number of aliphatic carboxylic acids is 1. The van der Waals surface area contributed by atoms with Crippen LogP contribution in [0.1, 0.15) is 24.8 Å². The zero-order valence-corrected chi connectivity index (χ0v) is 13.4. The van der Waals surface area contributed by atoms with E-state index < -0.39 is 32.5 Å². The van der Waals surface area contributed by atoms with Gasteiger partial charge >= 0.3 is 5.97 Å². The predicted octanol–water partition coefficient (Wildman–Crippen LogP) is 2.15. The highest BCUT2D eigenvalue weighted by Gasteiger charge is 2.56. The first-order valence-corrected chi connectivity index (χ1v) is 8.75. The first-order chi connectivity index (χ1) is 10.6. The van der Waals surface area contributed by atoms with Crippen molar-refractivity contribution in [2.24, 2.45) is 11.3 Å². The average Bonchev–Trinajstić information content (AvgIpc) is 2.34. The number of sulfonamides is 1. The molecule has 1 saturated heterocycles. The van der Waals surface area contributed by atoms with Gasteiger partial charge in [0, 0.05) is 19.5 Å². The number of hydrogen-bond donors (Lipinski definition) is 1. The van der Waals surface area contributed by atoms with Crippen molar-refractivity contribution in [1.29, 1.82) is 0 Å². The van der Waals surface area contributed by atoms with Crippen LogP contribution in [0.2, 0.25) is 0 Å². The van der Waals surface area contributed by atoms with Gasteiger partial charge in [-0.2, -0.15) is 4.31 Å². The molecule has 23 heavy (non-hydrogen) atoms. The predicted molar refractivity (Wildman–Crippen MR) is 77.3 cm³/mol. The van der Waals surface area contributed by atoms with E-state index in [1.807, 2.05) is 0 Å². The second kappa shape index (κ2) is 5.24. The summed E-state index contributed by atoms with van der Waals surface area (Å²) in [6, 6.07) is 2.15. The molecule has 1 aromatic rings. The maximum Gasteiger partial charge on any atom is 0.303 e. The highest BCUT2D eigenvalue weighted by Crippen LogP contribution is 2.54. The molecular formula is C15H17F2NO4S. The fourth-order valence-corrected chi connectivity index (χ4v) is 5.53. The Morgan fingerprint density at radius 2 is 1.96 bits per heavy atom. The second-order valence-corrected chi connectivity index (χ2v) is 8.53. The highest BCUT2D eigenvalue weighted by molar-refractivity contribution is 7.89. The molecule has 1 aliphatic carbocycles. The van der Waals surface area contributed by atoms with Crippen molar-refractivity contribution in [1.82, 2.24) is 4.31 Å². The number of carboxylic acids is 1. The first kappa shape index (κ1) is 16.3. The minimum Gasteiger partial charge on any atom is -0.481 e. The molecule has 126 valence electrons. The Morgan fingerprint density at radius 3 is 2.52 bits per heavy atom. The summed E-state index contributed by atoms with van der Waals surface area (Å²) in [4.78, 5) is 9.75. The summed E-state index contributed by atoms with van der Waals surface area (Å²) < 4.78 is 53.9. The van der Waals surface area contributed by atoms with Gasteiger partial charge in [0.25, 0.3) is 0 Å². The first-order valence-electron chi connectivity index (χ1n) is 7.31. The average molecular weight is 345 g/mol. The summed E-state index contributed by atoms with van der Waals surface area (Å²) >= 11 is 0. The normalized spacial score (nSPS) is 21.0. The largest absolute Gasteiger partial charge is 0.481 e. The molecule has 1 aromatic carbocycles. The summed E-state index contributed by atoms with van der Waals surface area (Å²) in [5, 5.41) is 8.74. The van der Waals surface area contributed by atoms with E-state index in [0.29, 0.717) is 12.8 Å². The fourth-order valence-electron chi connectivity index (χ4n) is 3.68. The van der Waals surface area contributed by atoms with Gasteiger partial charge in [0.1, 0.15) is 11.6 Å². The molecular weight excluding hydrogens is 328 g/mol. The van der Waals surface area contributed by atoms with Crippen LogP contribution in [0.5, 0.6) is 0 Å². The number of carboxylic acid groups (broad SMARTS) is 1. The maximum absolute atomic E-state index is 14.1. The number of aryl methyl sites for hydroxylation is 1. The monoisotopic (exact) mass is 345 g/mol. The zero-order chi connectivity index (χ0) is 17.0. The molecule has 2 aliphatic rings. The maximum atomic E-state index is 14.1. The summed E-state index contributed by atoms with van der Waals surface area (Å²) in [6.07, 6.45) is 1.36. The third-order valence-corrected chi connectivity index (χ3v) is 6.60. The molecule has 5 nitrogen and oxygen atoms in total. The van der Waals surface area contributed by atoms with E-state index in [1.54, 1.807) is 0 Å². The lowest BCUT2D eigenvalue weighted by molar-refractivity contribution is -0.142. The third-order valence-electron chi connectivity index (χ3n) is 4.77. The van der Waals surface area contributed by atoms with E-state index in [2.05, 4.69) is 0 Å². The molecule has 1 N–H and O–H groups in total. The van der Waals surface area contributed by atoms with Crippen molar-refractivity contribution in [3.05, 3.63) is 29.3 Å². The van der Waals surface area contributed by atoms with E-state index in [-0.39, 0.29) is 36.4 Å². The molecule has 0 amide bonds. The molecule has 0 atom stereocenters. The molecule has 2 fully saturated rings. The van der Waals surface area contributed by atoms with E-state index >= 15 is 0 Å². The van der Waals surface area contributed by atoms with Crippen molar-refractivity contribution >= 4 is 16.0 Å². The number of benzene rings is 1. The lowest BCUT2D eigenvalue weighted by Crippen LogP contribution is -2.63. The van der Waals surface area contributed by atoms with E-state index in [0.717, 1.165) is 10.4 Å². The number of nitrogens with zero attached hydrogens (tertiary/aromatic N) is 1. The Morgan fingerprint density at radius 1 is 1.35 bits per heavy atom. The van der Waals surface area contributed by atoms with E-state index in [4.69, 9.17) is 5.11 Å². The van der Waals surface area contributed by atoms with Crippen molar-refractivity contribution in [2.75, 3.05) is 13.1 Å². The van der Waals surface area contributed by atoms with Crippen molar-refractivity contribution in [2.45, 2.75) is 31.1 Å². The number of hydrogen-bond acceptors (Lipinski definition) is 3. The summed E-state index contributed by atoms with van der Waals surface area (Å²) in [5.41, 5.74) is -0.144. The second-order valence-electron chi connectivity index (χ2n) is 6.65. The van der Waals surface area contributed by atoms with Gasteiger partial charge in [-0.25, -0.2) is 17.2 Å². The molecule has 8 heteroatoms. The molecule has 0 unspecified atom stereocenters. The highest BCUT2D eigenvalue weighted by atomic mass is 32.2. The molecule has 3 rings (SSSR count). The Bertz CT molecular complexity index is 764. The smallest absolute Gasteiger partial charge is 0.303 e. The van der Waals surface area contributed by atoms with Gasteiger partial charge in [-0.15, -0.1) is 0 Å². The standard InChI is InChI=1S/C15H17F2NO4S/c1-9-2-3-11(16)14(13(9)17)23(21,22)18-7-15(8-18)5-10(6-15)4-12(19)20/h2-3,10H,4-8H2,1H3,(H,19,20). The Balaban J connectivity index is 1.73. The lowest BCUT2D eigenvalue weighted by Gasteiger charge is -2.58. The van der Waals surface area contributed by atoms with Crippen LogP contribution in [-0.2, 0) is 14.8 Å². The molecule has 0 bridgehead atoms. The molecule has 0 radical (unpaired) electrons. The quantitative estimate of drug-likeness (QED) is 0.907. The number of rotatable bonds is 4. The van der Waals surface area contributed by atoms with Crippen molar-refractivity contribution < 1.29 is 27.1 Å². The fraction of sp³-hybridized carbons (Fsp3) is 0.533. The Labute approximate surface area is 133 Å². The van der Waals surface area contributed by atoms with Gasteiger partial charge in [0.05, 0.1) is 0 Å². The minimum atomic E-state index is -4.21. The van der Waals surface area contributed by atoms with Crippen LogP contribution in [0.4, 0.5) is 8.78 Å². The van der Waals surface area contributed by atoms with Crippen molar-refractivity contribution in [3.8, 4) is 0 Å². The summed E-state index contributed by atoms with van der Waals surface area (Å²) in [7, 11) is -4.21. The Kier molecular flexibility index (Phi) is 3.72. The topological polar surface area (TPSA) is 74.7 Å². The van der Waals surface area contributed by atoms with Crippen LogP contribution in [0, 0.1) is 29.9 Å². The Hall–Kier alpha value is -1.54. The van der Waals surface area contributed by atoms with Crippen LogP contribution < -0.4 is 0 Å². The minimum absolute atomic E-state index is 0.0600. The molecule has 1 heterocycles. The summed E-state index contributed by atoms with van der Waals surface area (Å²) in [6.45, 7) is 1.77. The summed E-state index contributed by atoms with van der Waals surface area (Å²) in [5.74, 6) is -2.95. The lowest BCUT2D eigenvalue weighted by atomic mass is 9.58. The number of carbonyl (C=O) groups is 1. The zero-order valence-electron chi connectivity index (χ0n) is 12.6. The van der Waals surface area contributed by atoms with E-state index in [9.17, 15) is 22.0 Å². The van der Waals surface area contributed by atoms with Crippen LogP contribution in [0.3, 0.4) is 0 Å². The SMILES string of the molecule is Cc1ccc(F)c(S(=O)(=O)N2CC3(CC(CC(=O)O)C3)C2)c1F. The van der Waals surface area contributed by atoms with Crippen LogP contribution >= 0.6 is 0 Å². The van der Waals surface area contributed by atoms with Gasteiger partial charge in [-0.3, -0.25) is 4.79 Å². The van der Waals surface area contributed by atoms with Crippen molar-refractivity contribution in [3.63, 3.8) is 0 Å². The third kappa shape index (κ3) is 2.63. The molecule has 0 aromatic heterocycles. The molecule has 1 spiro atoms.